The Morgan fingerprint density at radius 3 is 2.62 bits per heavy atom. The second-order valence-electron chi connectivity index (χ2n) is 7.14. The highest BCUT2D eigenvalue weighted by Crippen LogP contribution is 2.53. The Labute approximate surface area is 151 Å². The highest BCUT2D eigenvalue weighted by molar-refractivity contribution is 5.85. The summed E-state index contributed by atoms with van der Waals surface area (Å²) in [7, 11) is 1.48. The van der Waals surface area contributed by atoms with Gasteiger partial charge in [-0.2, -0.15) is 0 Å². The van der Waals surface area contributed by atoms with Gasteiger partial charge >= 0.3 is 0 Å². The number of hydrogen-bond donors (Lipinski definition) is 3. The molecule has 0 amide bonds. The number of phenols is 2. The number of benzene rings is 2. The minimum absolute atomic E-state index is 0.0939. The van der Waals surface area contributed by atoms with Gasteiger partial charge in [0, 0.05) is 29.9 Å². The van der Waals surface area contributed by atoms with Crippen molar-refractivity contribution in [3.63, 3.8) is 0 Å². The number of aromatic hydroxyl groups is 2. The molecule has 1 aliphatic carbocycles. The number of nitrogens with zero attached hydrogens (tertiary/aromatic N) is 2. The number of imidazole rings is 1. The van der Waals surface area contributed by atoms with Gasteiger partial charge in [0.05, 0.1) is 18.1 Å². The molecule has 1 saturated heterocycles. The summed E-state index contributed by atoms with van der Waals surface area (Å²) in [6.45, 7) is 2.20. The van der Waals surface area contributed by atoms with E-state index in [-0.39, 0.29) is 23.2 Å². The summed E-state index contributed by atoms with van der Waals surface area (Å²) >= 11 is 0. The molecular weight excluding hydrogens is 330 g/mol. The van der Waals surface area contributed by atoms with Gasteiger partial charge in [0.2, 0.25) is 5.75 Å². The molecule has 0 spiro atoms. The van der Waals surface area contributed by atoms with E-state index < -0.39 is 0 Å². The van der Waals surface area contributed by atoms with Crippen LogP contribution in [0.2, 0.25) is 0 Å². The number of rotatable bonds is 4. The Hall–Kier alpha value is -2.89. The van der Waals surface area contributed by atoms with Crippen LogP contribution in [-0.4, -0.2) is 40.4 Å². The molecule has 2 heterocycles. The number of fused-ring (bicyclic) bond motifs is 1. The van der Waals surface area contributed by atoms with E-state index in [2.05, 4.69) is 22.0 Å². The van der Waals surface area contributed by atoms with Crippen molar-refractivity contribution in [2.24, 2.45) is 0 Å². The third-order valence-corrected chi connectivity index (χ3v) is 5.43. The number of aromatic nitrogens is 2. The quantitative estimate of drug-likeness (QED) is 0.624. The molecule has 6 heteroatoms. The molecule has 0 atom stereocenters. The van der Waals surface area contributed by atoms with Crippen molar-refractivity contribution in [1.29, 1.82) is 0 Å². The van der Waals surface area contributed by atoms with Gasteiger partial charge in [0.15, 0.2) is 11.5 Å². The number of hydrogen-bond acceptors (Lipinski definition) is 5. The Balaban J connectivity index is 1.65. The van der Waals surface area contributed by atoms with Gasteiger partial charge in [0.1, 0.15) is 5.82 Å². The number of phenolic OH excluding ortho intramolecular Hbond substituents is 2. The van der Waals surface area contributed by atoms with E-state index in [1.165, 1.54) is 19.2 Å². The van der Waals surface area contributed by atoms with Crippen molar-refractivity contribution in [3.8, 4) is 28.6 Å². The van der Waals surface area contributed by atoms with E-state index in [4.69, 9.17) is 9.72 Å². The molecule has 3 N–H and O–H groups in total. The molecule has 0 unspecified atom stereocenters. The van der Waals surface area contributed by atoms with Crippen LogP contribution >= 0.6 is 0 Å². The molecule has 2 aromatic carbocycles. The molecule has 134 valence electrons. The van der Waals surface area contributed by atoms with Crippen LogP contribution in [0.1, 0.15) is 30.7 Å². The van der Waals surface area contributed by atoms with E-state index in [1.807, 2.05) is 6.07 Å². The van der Waals surface area contributed by atoms with Gasteiger partial charge in [-0.3, -0.25) is 0 Å². The molecular formula is C20H21N3O3. The van der Waals surface area contributed by atoms with E-state index >= 15 is 0 Å². The largest absolute Gasteiger partial charge is 0.504 e. The van der Waals surface area contributed by atoms with Crippen LogP contribution in [0, 0.1) is 0 Å². The van der Waals surface area contributed by atoms with Crippen LogP contribution < -0.4 is 9.64 Å². The third-order valence-electron chi connectivity index (χ3n) is 5.43. The zero-order valence-electron chi connectivity index (χ0n) is 14.6. The van der Waals surface area contributed by atoms with Crippen molar-refractivity contribution in [2.75, 3.05) is 25.1 Å². The lowest BCUT2D eigenvalue weighted by Crippen LogP contribution is -2.36. The first-order valence-corrected chi connectivity index (χ1v) is 9.03. The fraction of sp³-hybridized carbons (Fsp3) is 0.350. The van der Waals surface area contributed by atoms with Gasteiger partial charge in [-0.15, -0.1) is 0 Å². The monoisotopic (exact) mass is 351 g/mol. The number of H-pyrrole nitrogens is 1. The number of aromatic amines is 1. The lowest BCUT2D eigenvalue weighted by atomic mass is 10.00. The molecule has 6 nitrogen and oxygen atoms in total. The molecule has 1 aliphatic heterocycles. The number of anilines is 1. The summed E-state index contributed by atoms with van der Waals surface area (Å²) in [6, 6.07) is 8.01. The van der Waals surface area contributed by atoms with Gasteiger partial charge in [0.25, 0.3) is 0 Å². The molecule has 1 aromatic heterocycles. The minimum Gasteiger partial charge on any atom is -0.504 e. The predicted molar refractivity (Wildman–Crippen MR) is 100 cm³/mol. The summed E-state index contributed by atoms with van der Waals surface area (Å²) in [5.74, 6) is 0.907. The standard InChI is InChI=1S/C20H21N3O3/c1-26-16-10-13(17(11-3-4-11)19(25)18(16)24)20-21-14-6-5-12(9-15(14)22-20)23-7-2-8-23/h5-6,9-11,24-25H,2-4,7-8H2,1H3,(H,21,22). The van der Waals surface area contributed by atoms with E-state index in [9.17, 15) is 10.2 Å². The highest BCUT2D eigenvalue weighted by atomic mass is 16.5. The lowest BCUT2D eigenvalue weighted by Gasteiger charge is -2.33. The second-order valence-corrected chi connectivity index (χ2v) is 7.14. The molecule has 26 heavy (non-hydrogen) atoms. The van der Waals surface area contributed by atoms with Crippen LogP contribution in [0.4, 0.5) is 5.69 Å². The summed E-state index contributed by atoms with van der Waals surface area (Å²) in [5.41, 5.74) is 4.61. The zero-order chi connectivity index (χ0) is 17.8. The second kappa shape index (κ2) is 5.56. The van der Waals surface area contributed by atoms with Crippen molar-refractivity contribution in [1.82, 2.24) is 9.97 Å². The lowest BCUT2D eigenvalue weighted by molar-refractivity contribution is 0.349. The van der Waals surface area contributed by atoms with Crippen LogP contribution in [0.15, 0.2) is 24.3 Å². The molecule has 2 aliphatic rings. The maximum atomic E-state index is 10.5. The van der Waals surface area contributed by atoms with Crippen molar-refractivity contribution in [2.45, 2.75) is 25.2 Å². The van der Waals surface area contributed by atoms with Gasteiger partial charge in [-0.25, -0.2) is 4.98 Å². The van der Waals surface area contributed by atoms with Gasteiger partial charge < -0.3 is 24.8 Å². The summed E-state index contributed by atoms with van der Waals surface area (Å²) in [5, 5.41) is 20.7. The zero-order valence-corrected chi connectivity index (χ0v) is 14.6. The molecule has 3 aromatic rings. The summed E-state index contributed by atoms with van der Waals surface area (Å²) in [6.07, 6.45) is 3.25. The van der Waals surface area contributed by atoms with Crippen LogP contribution in [-0.2, 0) is 0 Å². The topological polar surface area (TPSA) is 81.6 Å². The molecule has 0 radical (unpaired) electrons. The number of ether oxygens (including phenoxy) is 1. The molecule has 5 rings (SSSR count). The Morgan fingerprint density at radius 2 is 1.96 bits per heavy atom. The minimum atomic E-state index is -0.200. The normalized spacial score (nSPS) is 16.7. The van der Waals surface area contributed by atoms with E-state index in [0.29, 0.717) is 5.82 Å². The van der Waals surface area contributed by atoms with E-state index in [0.717, 1.165) is 48.1 Å². The van der Waals surface area contributed by atoms with Gasteiger partial charge in [-0.05, 0) is 49.4 Å². The number of methoxy groups -OCH3 is 1. The molecule has 1 saturated carbocycles. The SMILES string of the molecule is COc1cc(-c2nc3ccc(N4CCC4)cc3[nH]2)c(C2CC2)c(O)c1O. The first-order chi connectivity index (χ1) is 12.7. The van der Waals surface area contributed by atoms with Gasteiger partial charge in [-0.1, -0.05) is 0 Å². The summed E-state index contributed by atoms with van der Waals surface area (Å²) in [4.78, 5) is 10.5. The summed E-state index contributed by atoms with van der Waals surface area (Å²) < 4.78 is 5.23. The average molecular weight is 351 g/mol. The van der Waals surface area contributed by atoms with E-state index in [1.54, 1.807) is 6.07 Å². The Morgan fingerprint density at radius 1 is 1.15 bits per heavy atom. The van der Waals surface area contributed by atoms with Crippen LogP contribution in [0.25, 0.3) is 22.4 Å². The first kappa shape index (κ1) is 15.4. The maximum Gasteiger partial charge on any atom is 0.200 e. The third kappa shape index (κ3) is 2.29. The van der Waals surface area contributed by atoms with Crippen molar-refractivity contribution >= 4 is 16.7 Å². The van der Waals surface area contributed by atoms with Crippen LogP contribution in [0.5, 0.6) is 17.2 Å². The predicted octanol–water partition coefficient (Wildman–Crippen LogP) is 3.74. The number of nitrogens with one attached hydrogen (secondary N) is 1. The van der Waals surface area contributed by atoms with Crippen molar-refractivity contribution < 1.29 is 14.9 Å². The van der Waals surface area contributed by atoms with Crippen LogP contribution in [0.3, 0.4) is 0 Å². The molecule has 2 fully saturated rings. The van der Waals surface area contributed by atoms with Crippen molar-refractivity contribution in [3.05, 3.63) is 29.8 Å². The fourth-order valence-corrected chi connectivity index (χ4v) is 3.68. The highest BCUT2D eigenvalue weighted by Gasteiger charge is 2.33. The maximum absolute atomic E-state index is 10.5. The Kier molecular flexibility index (Phi) is 3.29. The Bertz CT molecular complexity index is 1000. The fourth-order valence-electron chi connectivity index (χ4n) is 3.68. The average Bonchev–Trinajstić information content (AvgIpc) is 3.33. The smallest absolute Gasteiger partial charge is 0.200 e. The first-order valence-electron chi connectivity index (χ1n) is 9.03. The molecule has 0 bridgehead atoms.